The van der Waals surface area contributed by atoms with E-state index in [2.05, 4.69) is 32.9 Å². The summed E-state index contributed by atoms with van der Waals surface area (Å²) < 4.78 is 11.1. The predicted molar refractivity (Wildman–Crippen MR) is 90.1 cm³/mol. The second-order valence-corrected chi connectivity index (χ2v) is 5.21. The van der Waals surface area contributed by atoms with Crippen LogP contribution in [-0.4, -0.2) is 13.2 Å². The summed E-state index contributed by atoms with van der Waals surface area (Å²) in [6.45, 7) is 9.84. The summed E-state index contributed by atoms with van der Waals surface area (Å²) in [5, 5.41) is 0. The van der Waals surface area contributed by atoms with Gasteiger partial charge in [-0.25, -0.2) is 0 Å². The smallest absolute Gasteiger partial charge is 0.120 e. The first-order chi connectivity index (χ1) is 10.2. The highest BCUT2D eigenvalue weighted by Gasteiger charge is 1.95. The average Bonchev–Trinajstić information content (AvgIpc) is 2.49. The van der Waals surface area contributed by atoms with E-state index in [1.54, 1.807) is 0 Å². The van der Waals surface area contributed by atoms with Gasteiger partial charge >= 0.3 is 0 Å². The van der Waals surface area contributed by atoms with Crippen LogP contribution in [0.4, 0.5) is 0 Å². The molecule has 116 valence electrons. The van der Waals surface area contributed by atoms with Crippen molar-refractivity contribution in [3.8, 4) is 11.5 Å². The topological polar surface area (TPSA) is 18.5 Å². The van der Waals surface area contributed by atoms with Crippen LogP contribution in [0, 0.1) is 0 Å². The molecule has 0 unspecified atom stereocenters. The van der Waals surface area contributed by atoms with Crippen molar-refractivity contribution in [3.63, 3.8) is 0 Å². The van der Waals surface area contributed by atoms with Crippen molar-refractivity contribution in [2.75, 3.05) is 13.2 Å². The Morgan fingerprint density at radius 2 is 1.52 bits per heavy atom. The Hall–Kier alpha value is -1.70. The van der Waals surface area contributed by atoms with Gasteiger partial charge in [0.05, 0.1) is 6.61 Å². The van der Waals surface area contributed by atoms with Gasteiger partial charge in [-0.1, -0.05) is 24.1 Å². The Balaban J connectivity index is 2.32. The lowest BCUT2D eigenvalue weighted by Crippen LogP contribution is -1.95. The maximum absolute atomic E-state index is 5.71. The minimum atomic E-state index is 0.621. The fourth-order valence-electron chi connectivity index (χ4n) is 1.87. The molecule has 0 atom stereocenters. The Labute approximate surface area is 129 Å². The molecule has 0 N–H and O–H groups in total. The Kier molecular flexibility index (Phi) is 8.34. The van der Waals surface area contributed by atoms with Crippen LogP contribution in [0.2, 0.25) is 0 Å². The van der Waals surface area contributed by atoms with Crippen molar-refractivity contribution < 1.29 is 9.47 Å². The number of ether oxygens (including phenoxy) is 2. The molecule has 1 aromatic rings. The van der Waals surface area contributed by atoms with Crippen LogP contribution < -0.4 is 9.47 Å². The van der Waals surface area contributed by atoms with Crippen LogP contribution in [0.3, 0.4) is 0 Å². The number of hydrogen-bond acceptors (Lipinski definition) is 2. The molecule has 2 heteroatoms. The van der Waals surface area contributed by atoms with Gasteiger partial charge in [0.25, 0.3) is 0 Å². The zero-order chi connectivity index (χ0) is 15.5. The summed E-state index contributed by atoms with van der Waals surface area (Å²) in [6.07, 6.45) is 7.84. The summed E-state index contributed by atoms with van der Waals surface area (Å²) in [4.78, 5) is 0. The highest BCUT2D eigenvalue weighted by molar-refractivity contribution is 5.31. The summed E-state index contributed by atoms with van der Waals surface area (Å²) in [5.74, 6) is 1.76. The molecule has 0 amide bonds. The van der Waals surface area contributed by atoms with Crippen molar-refractivity contribution in [1.29, 1.82) is 0 Å². The van der Waals surface area contributed by atoms with Gasteiger partial charge in [0.1, 0.15) is 18.1 Å². The Morgan fingerprint density at radius 3 is 2.10 bits per heavy atom. The highest BCUT2D eigenvalue weighted by Crippen LogP contribution is 2.17. The zero-order valence-electron chi connectivity index (χ0n) is 13.8. The molecule has 0 aliphatic carbocycles. The van der Waals surface area contributed by atoms with Crippen LogP contribution in [-0.2, 0) is 0 Å². The molecule has 0 heterocycles. The molecule has 0 aliphatic heterocycles. The van der Waals surface area contributed by atoms with E-state index in [9.17, 15) is 0 Å². The minimum absolute atomic E-state index is 0.621. The second kappa shape index (κ2) is 10.1. The maximum Gasteiger partial charge on any atom is 0.120 e. The minimum Gasteiger partial charge on any atom is -0.494 e. The fraction of sp³-hybridized carbons (Fsp3) is 0.474. The van der Waals surface area contributed by atoms with E-state index in [-0.39, 0.29) is 0 Å². The lowest BCUT2D eigenvalue weighted by molar-refractivity contribution is 0.336. The average molecular weight is 288 g/mol. The summed E-state index contributed by atoms with van der Waals surface area (Å²) in [7, 11) is 0. The van der Waals surface area contributed by atoms with Gasteiger partial charge in [-0.15, -0.1) is 0 Å². The molecule has 0 radical (unpaired) electrons. The Bertz CT molecular complexity index is 455. The number of hydrogen-bond donors (Lipinski definition) is 0. The molecule has 21 heavy (non-hydrogen) atoms. The first-order valence-corrected chi connectivity index (χ1v) is 7.82. The van der Waals surface area contributed by atoms with Crippen molar-refractivity contribution in [1.82, 2.24) is 0 Å². The lowest BCUT2D eigenvalue weighted by Gasteiger charge is -2.06. The lowest BCUT2D eigenvalue weighted by atomic mass is 10.1. The second-order valence-electron chi connectivity index (χ2n) is 5.21. The van der Waals surface area contributed by atoms with Crippen molar-refractivity contribution in [2.45, 2.75) is 47.0 Å². The molecular formula is C19H28O2. The molecule has 0 saturated heterocycles. The molecule has 1 rings (SSSR count). The molecule has 0 aliphatic rings. The molecule has 0 saturated carbocycles. The third kappa shape index (κ3) is 7.60. The molecule has 1 aromatic carbocycles. The number of allylic oxidation sites excluding steroid dienone is 3. The highest BCUT2D eigenvalue weighted by atomic mass is 16.5. The van der Waals surface area contributed by atoms with Crippen molar-refractivity contribution in [2.24, 2.45) is 0 Å². The van der Waals surface area contributed by atoms with Crippen LogP contribution in [0.25, 0.3) is 0 Å². The molecule has 0 fully saturated rings. The van der Waals surface area contributed by atoms with Crippen LogP contribution in [0.1, 0.15) is 47.0 Å². The van der Waals surface area contributed by atoms with Gasteiger partial charge in [0.2, 0.25) is 0 Å². The third-order valence-corrected chi connectivity index (χ3v) is 3.41. The summed E-state index contributed by atoms with van der Waals surface area (Å²) in [6, 6.07) is 7.77. The number of rotatable bonds is 9. The largest absolute Gasteiger partial charge is 0.494 e. The van der Waals surface area contributed by atoms with Gasteiger partial charge in [-0.2, -0.15) is 0 Å². The number of benzene rings is 1. The Morgan fingerprint density at radius 1 is 0.905 bits per heavy atom. The predicted octanol–water partition coefficient (Wildman–Crippen LogP) is 5.55. The quantitative estimate of drug-likeness (QED) is 0.555. The van der Waals surface area contributed by atoms with Gasteiger partial charge in [-0.3, -0.25) is 0 Å². The molecule has 0 spiro atoms. The SMILES string of the molecule is CCOc1ccc(OC/C=C(/C)CC/C=C(/C)CC)cc1. The van der Waals surface area contributed by atoms with Gasteiger partial charge in [-0.05, 0) is 70.4 Å². The first kappa shape index (κ1) is 17.4. The summed E-state index contributed by atoms with van der Waals surface area (Å²) >= 11 is 0. The normalized spacial score (nSPS) is 12.4. The monoisotopic (exact) mass is 288 g/mol. The fourth-order valence-corrected chi connectivity index (χ4v) is 1.87. The van der Waals surface area contributed by atoms with Crippen molar-refractivity contribution in [3.05, 3.63) is 47.6 Å². The van der Waals surface area contributed by atoms with Gasteiger partial charge in [0, 0.05) is 0 Å². The zero-order valence-corrected chi connectivity index (χ0v) is 13.8. The van der Waals surface area contributed by atoms with Crippen LogP contribution in [0.15, 0.2) is 47.6 Å². The van der Waals surface area contributed by atoms with E-state index in [0.717, 1.165) is 30.8 Å². The third-order valence-electron chi connectivity index (χ3n) is 3.41. The summed E-state index contributed by atoms with van der Waals surface area (Å²) in [5.41, 5.74) is 2.84. The van der Waals surface area contributed by atoms with E-state index in [4.69, 9.17) is 9.47 Å². The van der Waals surface area contributed by atoms with Crippen LogP contribution >= 0.6 is 0 Å². The van der Waals surface area contributed by atoms with E-state index in [1.807, 2.05) is 31.2 Å². The van der Waals surface area contributed by atoms with E-state index < -0.39 is 0 Å². The molecular weight excluding hydrogens is 260 g/mol. The van der Waals surface area contributed by atoms with E-state index in [1.165, 1.54) is 11.1 Å². The standard InChI is InChI=1S/C19H28O2/c1-5-16(3)8-7-9-17(4)14-15-21-19-12-10-18(11-13-19)20-6-2/h8,10-14H,5-7,9,15H2,1-4H3/b16-8-,17-14-. The van der Waals surface area contributed by atoms with Gasteiger partial charge in [0.15, 0.2) is 0 Å². The van der Waals surface area contributed by atoms with E-state index >= 15 is 0 Å². The van der Waals surface area contributed by atoms with Gasteiger partial charge < -0.3 is 9.47 Å². The molecule has 0 bridgehead atoms. The first-order valence-electron chi connectivity index (χ1n) is 7.82. The van der Waals surface area contributed by atoms with Crippen molar-refractivity contribution >= 4 is 0 Å². The van der Waals surface area contributed by atoms with E-state index in [0.29, 0.717) is 13.2 Å². The van der Waals surface area contributed by atoms with Crippen LogP contribution in [0.5, 0.6) is 11.5 Å². The molecule has 0 aromatic heterocycles. The maximum atomic E-state index is 5.71. The molecule has 2 nitrogen and oxygen atoms in total.